The number of hydroxylamine groups is 2. The Morgan fingerprint density at radius 1 is 0.867 bits per heavy atom. The maximum atomic E-state index is 14.1. The minimum absolute atomic E-state index is 0.0469. The van der Waals surface area contributed by atoms with Gasteiger partial charge in [0.2, 0.25) is 5.91 Å². The first-order valence-corrected chi connectivity index (χ1v) is 30.0. The van der Waals surface area contributed by atoms with Crippen LogP contribution in [-0.4, -0.2) is 118 Å². The Hall–Kier alpha value is -6.96. The highest BCUT2D eigenvalue weighted by Crippen LogP contribution is 2.62. The highest BCUT2D eigenvalue weighted by Gasteiger charge is 2.58. The number of ether oxygens (including phenoxy) is 5. The van der Waals surface area contributed by atoms with E-state index in [0.29, 0.717) is 57.2 Å². The van der Waals surface area contributed by atoms with Crippen LogP contribution in [0.3, 0.4) is 0 Å². The maximum Gasteiger partial charge on any atom is 0.514 e. The number of β-lactam (4-membered cyclic amide) rings is 1. The average molecular weight is 1250 g/mol. The third-order valence-corrected chi connectivity index (χ3v) is 18.7. The summed E-state index contributed by atoms with van der Waals surface area (Å²) in [5.74, 6) is -2.52. The Morgan fingerprint density at radius 2 is 1.60 bits per heavy atom. The second-order valence-corrected chi connectivity index (χ2v) is 23.9. The van der Waals surface area contributed by atoms with Gasteiger partial charge >= 0.3 is 34.5 Å². The standard InChI is InChI=1S/C56H49Cl4N5O16S2/c1-3-4-5-7-10-29-21-36-40(78-39-22-32(62(2)31-11-8-6-9-12-31)15-19-35(39)56(36)42-41(53(70)80-56)43(57)45(59)46(60)44(42)58)23-38(29)79-55(72)77-25-28-13-17-34(18-14-28)76-26-30-27-82-51-47(50(67)64(51)48(30)52(68)69)61-49(66)37-20-16-33-24-63(37)54(71)65(33)81-83(73,74)75/h6,8-9,11-15,17-19,21-23,33,37,47,51H,3-5,7,10,16,20,24-27H2,1-2H3,(H,61,66)(H,68,69)(H,73,74,75)/t33-,37?,47+,51+,56?/m0/s1. The molecule has 2 bridgehead atoms. The van der Waals surface area contributed by atoms with E-state index in [2.05, 4.69) is 16.5 Å². The van der Waals surface area contributed by atoms with E-state index in [1.54, 1.807) is 48.5 Å². The molecular formula is C56H49Cl4N5O16S2. The van der Waals surface area contributed by atoms with Crippen LogP contribution >= 0.6 is 58.2 Å². The summed E-state index contributed by atoms with van der Waals surface area (Å²) in [4.78, 5) is 84.3. The van der Waals surface area contributed by atoms with Crippen LogP contribution < -0.4 is 24.4 Å². The van der Waals surface area contributed by atoms with E-state index < -0.39 is 75.4 Å². The number of aryl methyl sites for hydroxylation is 1. The van der Waals surface area contributed by atoms with Gasteiger partial charge in [-0.05, 0) is 79.3 Å². The van der Waals surface area contributed by atoms with Crippen LogP contribution in [0.15, 0.2) is 96.2 Å². The lowest BCUT2D eigenvalue weighted by molar-refractivity contribution is -0.151. The van der Waals surface area contributed by atoms with Gasteiger partial charge in [0.1, 0.15) is 59.4 Å². The summed E-state index contributed by atoms with van der Waals surface area (Å²) in [6.07, 6.45) is 3.16. The first-order valence-electron chi connectivity index (χ1n) is 26.1. The summed E-state index contributed by atoms with van der Waals surface area (Å²) in [6.45, 7) is 1.59. The molecule has 11 rings (SSSR count). The molecule has 6 heterocycles. The average Bonchev–Trinajstić information content (AvgIpc) is 1.67. The number of hydrogen-bond acceptors (Lipinski definition) is 16. The zero-order valence-electron chi connectivity index (χ0n) is 43.9. The van der Waals surface area contributed by atoms with Crippen LogP contribution in [0.5, 0.6) is 23.0 Å². The number of benzene rings is 5. The molecule has 4 amide bonds. The fourth-order valence-corrected chi connectivity index (χ4v) is 14.0. The maximum absolute atomic E-state index is 14.1. The molecule has 0 aromatic heterocycles. The molecule has 0 radical (unpaired) electrons. The SMILES string of the molecule is CCCCCCc1cc2c(cc1OC(=O)OCc1ccc(OCC3=C(C(=O)O)N4C(=O)[C@@H](NC(=O)C5CC[C@H]6CN5C(=O)N6OS(=O)(=O)O)[C@H]4SC3)cc1)Oc1cc(N(C)c3ccccc3)ccc1C21OC(=O)c2c(Cl)c(Cl)c(Cl)c(Cl)c21. The number of thioether (sulfide) groups is 1. The molecule has 5 aromatic carbocycles. The molecule has 3 fully saturated rings. The number of unbranched alkanes of at least 4 members (excludes halogenated alkanes) is 3. The van der Waals surface area contributed by atoms with Crippen molar-refractivity contribution in [1.82, 2.24) is 20.2 Å². The lowest BCUT2D eigenvalue weighted by Gasteiger charge is -2.49. The Balaban J connectivity index is 0.779. The van der Waals surface area contributed by atoms with Crippen molar-refractivity contribution in [2.75, 3.05) is 30.9 Å². The number of fused-ring (bicyclic) bond motifs is 9. The number of nitrogens with zero attached hydrogens (tertiary/aromatic N) is 4. The fraction of sp³-hybridized carbons (Fsp3) is 0.321. The topological polar surface area (TPSA) is 257 Å². The number of anilines is 2. The minimum atomic E-state index is -5.01. The second kappa shape index (κ2) is 22.9. The van der Waals surface area contributed by atoms with Gasteiger partial charge in [0.05, 0.1) is 31.7 Å². The summed E-state index contributed by atoms with van der Waals surface area (Å²) < 4.78 is 66.9. The van der Waals surface area contributed by atoms with Gasteiger partial charge in [-0.3, -0.25) is 19.0 Å². The summed E-state index contributed by atoms with van der Waals surface area (Å²) in [5.41, 5.74) is 1.87. The van der Waals surface area contributed by atoms with E-state index in [1.807, 2.05) is 48.3 Å². The van der Waals surface area contributed by atoms with E-state index in [4.69, 9.17) is 74.6 Å². The van der Waals surface area contributed by atoms with Crippen LogP contribution in [0, 0.1) is 0 Å². The zero-order chi connectivity index (χ0) is 58.8. The molecule has 3 saturated heterocycles. The van der Waals surface area contributed by atoms with Crippen molar-refractivity contribution >= 4 is 116 Å². The Morgan fingerprint density at radius 3 is 2.33 bits per heavy atom. The largest absolute Gasteiger partial charge is 0.514 e. The van der Waals surface area contributed by atoms with Gasteiger partial charge in [-0.2, -0.15) is 13.5 Å². The van der Waals surface area contributed by atoms with Crippen molar-refractivity contribution in [2.24, 2.45) is 0 Å². The number of amides is 4. The number of carboxylic acids is 1. The summed E-state index contributed by atoms with van der Waals surface area (Å²) in [7, 11) is -3.12. The van der Waals surface area contributed by atoms with Crippen molar-refractivity contribution in [2.45, 2.75) is 87.6 Å². The number of esters is 1. The number of urea groups is 1. The molecule has 27 heteroatoms. The van der Waals surface area contributed by atoms with Gasteiger partial charge in [-0.1, -0.05) is 103 Å². The van der Waals surface area contributed by atoms with Crippen LogP contribution in [0.2, 0.25) is 20.1 Å². The van der Waals surface area contributed by atoms with Gasteiger partial charge < -0.3 is 43.9 Å². The van der Waals surface area contributed by atoms with Crippen molar-refractivity contribution < 1.29 is 74.8 Å². The third-order valence-electron chi connectivity index (χ3n) is 15.2. The fourth-order valence-electron chi connectivity index (χ4n) is 11.2. The van der Waals surface area contributed by atoms with Gasteiger partial charge in [0.25, 0.3) is 5.91 Å². The molecule has 21 nitrogen and oxygen atoms in total. The number of carbonyl (C=O) groups excluding carboxylic acids is 5. The third kappa shape index (κ3) is 10.6. The summed E-state index contributed by atoms with van der Waals surface area (Å²) in [5, 5.41) is 12.3. The molecule has 5 aromatic rings. The van der Waals surface area contributed by atoms with Crippen molar-refractivity contribution in [3.05, 3.63) is 150 Å². The number of piperidine rings is 1. The number of halogens is 4. The monoisotopic (exact) mass is 1250 g/mol. The second-order valence-electron chi connectivity index (χ2n) is 20.3. The molecule has 5 atom stereocenters. The smallest absolute Gasteiger partial charge is 0.489 e. The number of para-hydroxylation sites is 1. The van der Waals surface area contributed by atoms with Crippen LogP contribution in [0.1, 0.15) is 83.6 Å². The number of carboxylic acid groups (broad SMARTS) is 1. The van der Waals surface area contributed by atoms with Gasteiger partial charge in [-0.25, -0.2) is 19.2 Å². The number of hydrogen-bond donors (Lipinski definition) is 3. The van der Waals surface area contributed by atoms with Gasteiger partial charge in [0, 0.05) is 65.1 Å². The highest BCUT2D eigenvalue weighted by atomic mass is 35.5. The predicted molar refractivity (Wildman–Crippen MR) is 303 cm³/mol. The van der Waals surface area contributed by atoms with Crippen LogP contribution in [-0.2, 0) is 57.2 Å². The van der Waals surface area contributed by atoms with Crippen LogP contribution in [0.4, 0.5) is 21.0 Å². The highest BCUT2D eigenvalue weighted by molar-refractivity contribution is 8.00. The number of rotatable bonds is 18. The molecule has 6 aliphatic heterocycles. The quantitative estimate of drug-likeness (QED) is 0.0140. The Labute approximate surface area is 499 Å². The molecule has 1 spiro atoms. The number of carbonyl (C=O) groups is 6. The zero-order valence-corrected chi connectivity index (χ0v) is 48.6. The van der Waals surface area contributed by atoms with Crippen molar-refractivity contribution in [3.63, 3.8) is 0 Å². The molecule has 83 heavy (non-hydrogen) atoms. The minimum Gasteiger partial charge on any atom is -0.489 e. The Kier molecular flexibility index (Phi) is 16.0. The normalized spacial score (nSPS) is 21.1. The first kappa shape index (κ1) is 57.8. The lowest BCUT2D eigenvalue weighted by Crippen LogP contribution is -2.71. The predicted octanol–water partition coefficient (Wildman–Crippen LogP) is 10.6. The lowest BCUT2D eigenvalue weighted by atomic mass is 9.76. The van der Waals surface area contributed by atoms with Crippen molar-refractivity contribution in [1.29, 1.82) is 0 Å². The number of aliphatic carboxylic acids is 1. The molecule has 0 saturated carbocycles. The van der Waals surface area contributed by atoms with Crippen molar-refractivity contribution in [3.8, 4) is 23.0 Å². The number of nitrogens with one attached hydrogen (secondary N) is 1. The molecule has 434 valence electrons. The molecule has 6 aliphatic rings. The molecular weight excluding hydrogens is 1200 g/mol. The molecule has 0 aliphatic carbocycles. The Bertz CT molecular complexity index is 3690. The summed E-state index contributed by atoms with van der Waals surface area (Å²) >= 11 is 28.3. The molecule has 2 unspecified atom stereocenters. The van der Waals surface area contributed by atoms with E-state index in [-0.39, 0.29) is 86.8 Å². The van der Waals surface area contributed by atoms with Crippen LogP contribution in [0.25, 0.3) is 0 Å². The van der Waals surface area contributed by atoms with E-state index in [0.717, 1.165) is 40.4 Å². The van der Waals surface area contributed by atoms with E-state index >= 15 is 0 Å². The summed E-state index contributed by atoms with van der Waals surface area (Å²) in [6, 6.07) is 21.0. The van der Waals surface area contributed by atoms with E-state index in [9.17, 15) is 42.3 Å². The van der Waals surface area contributed by atoms with E-state index in [1.165, 1.54) is 11.8 Å². The van der Waals surface area contributed by atoms with Gasteiger partial charge in [-0.15, -0.1) is 16.0 Å². The van der Waals surface area contributed by atoms with Gasteiger partial charge in [0.15, 0.2) is 5.60 Å². The first-order chi connectivity index (χ1) is 39.7. The molecule has 3 N–H and O–H groups in total.